The summed E-state index contributed by atoms with van der Waals surface area (Å²) in [5.74, 6) is 1.70. The molecule has 0 spiro atoms. The second kappa shape index (κ2) is 6.72. The molecule has 0 saturated carbocycles. The van der Waals surface area contributed by atoms with Crippen LogP contribution in [0.2, 0.25) is 0 Å². The van der Waals surface area contributed by atoms with Crippen LogP contribution in [0.1, 0.15) is 38.3 Å². The Morgan fingerprint density at radius 3 is 2.88 bits per heavy atom. The van der Waals surface area contributed by atoms with Crippen LogP contribution in [0.3, 0.4) is 0 Å². The monoisotopic (exact) mass is 321 g/mol. The molecule has 2 nitrogen and oxygen atoms in total. The first-order chi connectivity index (χ1) is 11.5. The van der Waals surface area contributed by atoms with Crippen LogP contribution in [-0.2, 0) is 6.42 Å². The lowest BCUT2D eigenvalue weighted by atomic mass is 9.74. The minimum atomic E-state index is -0.0445. The summed E-state index contributed by atoms with van der Waals surface area (Å²) in [5.41, 5.74) is 9.25. The maximum atomic E-state index is 6.52. The zero-order chi connectivity index (χ0) is 17.2. The zero-order valence-corrected chi connectivity index (χ0v) is 14.8. The first kappa shape index (κ1) is 16.6. The van der Waals surface area contributed by atoms with Gasteiger partial charge in [-0.15, -0.1) is 0 Å². The van der Waals surface area contributed by atoms with Crippen LogP contribution in [0, 0.1) is 11.3 Å². The SMILES string of the molecule is CC(C)Cc1cccc2c1OC1C2=CC=CC1(C)C/C=C\C=C/N. The molecule has 126 valence electrons. The number of fused-ring (bicyclic) bond motifs is 3. The zero-order valence-electron chi connectivity index (χ0n) is 14.8. The summed E-state index contributed by atoms with van der Waals surface area (Å²) in [5, 5.41) is 0. The highest BCUT2D eigenvalue weighted by atomic mass is 16.5. The van der Waals surface area contributed by atoms with Gasteiger partial charge in [0.1, 0.15) is 11.9 Å². The molecule has 3 rings (SSSR count). The largest absolute Gasteiger partial charge is 0.484 e. The fourth-order valence-corrected chi connectivity index (χ4v) is 3.64. The second-order valence-electron chi connectivity index (χ2n) is 7.39. The molecule has 2 aliphatic rings. The van der Waals surface area contributed by atoms with Crippen molar-refractivity contribution in [3.63, 3.8) is 0 Å². The van der Waals surface area contributed by atoms with E-state index in [1.54, 1.807) is 6.20 Å². The third-order valence-electron chi connectivity index (χ3n) is 4.82. The van der Waals surface area contributed by atoms with E-state index < -0.39 is 0 Å². The molecule has 0 saturated heterocycles. The van der Waals surface area contributed by atoms with Crippen molar-refractivity contribution in [1.29, 1.82) is 0 Å². The molecule has 0 amide bonds. The van der Waals surface area contributed by atoms with E-state index in [2.05, 4.69) is 63.3 Å². The molecule has 1 aromatic carbocycles. The van der Waals surface area contributed by atoms with Gasteiger partial charge in [0.15, 0.2) is 0 Å². The van der Waals surface area contributed by atoms with E-state index in [0.29, 0.717) is 5.92 Å². The van der Waals surface area contributed by atoms with E-state index in [1.165, 1.54) is 16.7 Å². The van der Waals surface area contributed by atoms with E-state index in [1.807, 2.05) is 12.2 Å². The van der Waals surface area contributed by atoms with Crippen LogP contribution < -0.4 is 10.5 Å². The molecule has 1 aliphatic carbocycles. The second-order valence-corrected chi connectivity index (χ2v) is 7.39. The average molecular weight is 321 g/mol. The Labute approximate surface area is 145 Å². The van der Waals surface area contributed by atoms with Crippen LogP contribution in [-0.4, -0.2) is 6.10 Å². The van der Waals surface area contributed by atoms with Crippen LogP contribution in [0.4, 0.5) is 0 Å². The molecule has 0 bridgehead atoms. The molecular weight excluding hydrogens is 294 g/mol. The summed E-state index contributed by atoms with van der Waals surface area (Å²) < 4.78 is 6.52. The molecule has 24 heavy (non-hydrogen) atoms. The van der Waals surface area contributed by atoms with Crippen molar-refractivity contribution in [1.82, 2.24) is 0 Å². The Kier molecular flexibility index (Phi) is 4.66. The van der Waals surface area contributed by atoms with Gasteiger partial charge in [-0.1, -0.05) is 69.4 Å². The van der Waals surface area contributed by atoms with Gasteiger partial charge in [-0.2, -0.15) is 0 Å². The minimum Gasteiger partial charge on any atom is -0.484 e. The number of hydrogen-bond donors (Lipinski definition) is 1. The molecule has 2 heteroatoms. The van der Waals surface area contributed by atoms with Gasteiger partial charge in [0, 0.05) is 16.6 Å². The average Bonchev–Trinajstić information content (AvgIpc) is 2.93. The van der Waals surface area contributed by atoms with Crippen LogP contribution in [0.15, 0.2) is 60.9 Å². The summed E-state index contributed by atoms with van der Waals surface area (Å²) in [7, 11) is 0. The Bertz CT molecular complexity index is 723. The smallest absolute Gasteiger partial charge is 0.134 e. The van der Waals surface area contributed by atoms with E-state index in [-0.39, 0.29) is 11.5 Å². The fourth-order valence-electron chi connectivity index (χ4n) is 3.64. The first-order valence-corrected chi connectivity index (χ1v) is 8.77. The van der Waals surface area contributed by atoms with Gasteiger partial charge >= 0.3 is 0 Å². The molecule has 0 radical (unpaired) electrons. The highest BCUT2D eigenvalue weighted by Gasteiger charge is 2.43. The Balaban J connectivity index is 1.91. The molecule has 2 N–H and O–H groups in total. The van der Waals surface area contributed by atoms with Crippen molar-refractivity contribution >= 4 is 5.57 Å². The Morgan fingerprint density at radius 1 is 1.29 bits per heavy atom. The summed E-state index contributed by atoms with van der Waals surface area (Å²) in [6.07, 6.45) is 16.3. The summed E-state index contributed by atoms with van der Waals surface area (Å²) in [4.78, 5) is 0. The highest BCUT2D eigenvalue weighted by Crippen LogP contribution is 2.50. The van der Waals surface area contributed by atoms with Gasteiger partial charge < -0.3 is 10.5 Å². The van der Waals surface area contributed by atoms with Crippen molar-refractivity contribution < 1.29 is 4.74 Å². The quantitative estimate of drug-likeness (QED) is 0.772. The number of allylic oxidation sites excluding steroid dienone is 5. The van der Waals surface area contributed by atoms with Crippen molar-refractivity contribution in [2.24, 2.45) is 17.1 Å². The van der Waals surface area contributed by atoms with Gasteiger partial charge in [-0.3, -0.25) is 0 Å². The topological polar surface area (TPSA) is 35.2 Å². The summed E-state index contributed by atoms with van der Waals surface area (Å²) in [6.45, 7) is 6.77. The molecule has 1 heterocycles. The van der Waals surface area contributed by atoms with Crippen LogP contribution >= 0.6 is 0 Å². The van der Waals surface area contributed by atoms with Crippen LogP contribution in [0.5, 0.6) is 5.75 Å². The van der Waals surface area contributed by atoms with Gasteiger partial charge in [0.25, 0.3) is 0 Å². The highest BCUT2D eigenvalue weighted by molar-refractivity contribution is 5.81. The van der Waals surface area contributed by atoms with Gasteiger partial charge in [-0.05, 0) is 36.6 Å². The Hall–Kier alpha value is -2.22. The Morgan fingerprint density at radius 2 is 2.12 bits per heavy atom. The predicted octanol–water partition coefficient (Wildman–Crippen LogP) is 5.02. The van der Waals surface area contributed by atoms with Gasteiger partial charge in [0.05, 0.1) is 0 Å². The van der Waals surface area contributed by atoms with Crippen LogP contribution in [0.25, 0.3) is 5.57 Å². The molecular formula is C22H27NO. The number of nitrogens with two attached hydrogens (primary N) is 1. The number of para-hydroxylation sites is 1. The minimum absolute atomic E-state index is 0.0445. The van der Waals surface area contributed by atoms with E-state index in [9.17, 15) is 0 Å². The third-order valence-corrected chi connectivity index (χ3v) is 4.82. The lowest BCUT2D eigenvalue weighted by Crippen LogP contribution is -2.34. The van der Waals surface area contributed by atoms with E-state index >= 15 is 0 Å². The molecule has 1 aliphatic heterocycles. The maximum absolute atomic E-state index is 6.52. The lowest BCUT2D eigenvalue weighted by Gasteiger charge is -2.34. The number of hydrogen-bond acceptors (Lipinski definition) is 2. The van der Waals surface area contributed by atoms with E-state index in [0.717, 1.165) is 18.6 Å². The van der Waals surface area contributed by atoms with Crippen molar-refractivity contribution in [3.8, 4) is 5.75 Å². The lowest BCUT2D eigenvalue weighted by molar-refractivity contribution is 0.156. The standard InChI is InChI=1S/C22H27NO/c1-16(2)15-17-9-7-10-18-19-11-8-13-22(3,12-5-4-6-14-23)21(19)24-20(17)18/h4-11,13-14,16,21H,12,15,23H2,1-3H3/b5-4-,14-6-. The number of benzene rings is 1. The summed E-state index contributed by atoms with van der Waals surface area (Å²) in [6, 6.07) is 6.55. The normalized spacial score (nSPS) is 25.2. The van der Waals surface area contributed by atoms with E-state index in [4.69, 9.17) is 10.5 Å². The van der Waals surface area contributed by atoms with Gasteiger partial charge in [0.2, 0.25) is 0 Å². The molecule has 2 atom stereocenters. The third kappa shape index (κ3) is 3.06. The molecule has 0 fully saturated rings. The summed E-state index contributed by atoms with van der Waals surface area (Å²) >= 11 is 0. The maximum Gasteiger partial charge on any atom is 0.134 e. The van der Waals surface area contributed by atoms with Crippen molar-refractivity contribution in [3.05, 3.63) is 72.0 Å². The van der Waals surface area contributed by atoms with Crippen molar-refractivity contribution in [2.75, 3.05) is 0 Å². The number of ether oxygens (including phenoxy) is 1. The fraction of sp³-hybridized carbons (Fsp3) is 0.364. The van der Waals surface area contributed by atoms with Gasteiger partial charge in [-0.25, -0.2) is 0 Å². The molecule has 1 aromatic rings. The number of rotatable bonds is 5. The van der Waals surface area contributed by atoms with Crippen molar-refractivity contribution in [2.45, 2.75) is 39.7 Å². The first-order valence-electron chi connectivity index (χ1n) is 8.77. The molecule has 0 aromatic heterocycles. The molecule has 2 unspecified atom stereocenters. The predicted molar refractivity (Wildman–Crippen MR) is 102 cm³/mol.